The Hall–Kier alpha value is -1.65. The van der Waals surface area contributed by atoms with E-state index in [4.69, 9.17) is 5.73 Å². The van der Waals surface area contributed by atoms with Crippen molar-refractivity contribution in [2.45, 2.75) is 37.7 Å². The molecule has 2 aromatic rings. The molecule has 1 aromatic carbocycles. The third-order valence-corrected chi connectivity index (χ3v) is 5.08. The van der Waals surface area contributed by atoms with Crippen molar-refractivity contribution in [1.29, 1.82) is 0 Å². The zero-order valence-electron chi connectivity index (χ0n) is 12.7. The smallest absolute Gasteiger partial charge is 0.0931 e. The summed E-state index contributed by atoms with van der Waals surface area (Å²) in [6.45, 7) is 2.43. The molecule has 0 saturated carbocycles. The van der Waals surface area contributed by atoms with Gasteiger partial charge in [-0.05, 0) is 37.3 Å². The molecule has 1 aliphatic carbocycles. The molecule has 1 aromatic heterocycles. The first kappa shape index (κ1) is 14.3. The van der Waals surface area contributed by atoms with E-state index in [0.717, 1.165) is 30.5 Å². The van der Waals surface area contributed by atoms with E-state index in [9.17, 15) is 5.11 Å². The van der Waals surface area contributed by atoms with Crippen molar-refractivity contribution < 1.29 is 5.11 Å². The molecule has 0 fully saturated rings. The Balaban J connectivity index is 2.12. The minimum Gasteiger partial charge on any atom is -0.387 e. The van der Waals surface area contributed by atoms with Gasteiger partial charge in [0.05, 0.1) is 12.3 Å². The minimum atomic E-state index is -0.613. The predicted molar refractivity (Wildman–Crippen MR) is 83.0 cm³/mol. The van der Waals surface area contributed by atoms with Crippen LogP contribution in [-0.4, -0.2) is 21.4 Å². The van der Waals surface area contributed by atoms with Gasteiger partial charge in [0.2, 0.25) is 0 Å². The average Bonchev–Trinajstić information content (AvgIpc) is 2.85. The molecule has 0 radical (unpaired) electrons. The number of fused-ring (bicyclic) bond motifs is 1. The Morgan fingerprint density at radius 1 is 1.43 bits per heavy atom. The Morgan fingerprint density at radius 2 is 2.19 bits per heavy atom. The Morgan fingerprint density at radius 3 is 2.86 bits per heavy atom. The van der Waals surface area contributed by atoms with Crippen LogP contribution in [0.4, 0.5) is 0 Å². The minimum absolute atomic E-state index is 0.400. The Bertz CT molecular complexity index is 649. The largest absolute Gasteiger partial charge is 0.387 e. The molecule has 21 heavy (non-hydrogen) atoms. The van der Waals surface area contributed by atoms with Crippen LogP contribution in [0.25, 0.3) is 0 Å². The molecule has 0 amide bonds. The normalized spacial score (nSPS) is 22.9. The van der Waals surface area contributed by atoms with Gasteiger partial charge in [-0.25, -0.2) is 0 Å². The maximum atomic E-state index is 11.1. The van der Waals surface area contributed by atoms with Gasteiger partial charge in [-0.3, -0.25) is 4.68 Å². The molecule has 2 atom stereocenters. The fraction of sp³-hybridized carbons (Fsp3) is 0.471. The standard InChI is InChI=1S/C17H23N3O/c1-12-14(10-19-20(12)2)16(21)17(11-18)9-5-7-13-6-3-4-8-15(13)17/h3-4,6,8,10,16,21H,5,7,9,11,18H2,1-2H3. The van der Waals surface area contributed by atoms with Crippen LogP contribution in [0.5, 0.6) is 0 Å². The van der Waals surface area contributed by atoms with E-state index < -0.39 is 11.5 Å². The van der Waals surface area contributed by atoms with E-state index in [1.54, 1.807) is 10.9 Å². The monoisotopic (exact) mass is 285 g/mol. The number of aliphatic hydroxyl groups excluding tert-OH is 1. The van der Waals surface area contributed by atoms with Crippen molar-refractivity contribution in [3.8, 4) is 0 Å². The number of hydrogen-bond acceptors (Lipinski definition) is 3. The number of aromatic nitrogens is 2. The molecule has 4 nitrogen and oxygen atoms in total. The number of benzene rings is 1. The number of aryl methyl sites for hydroxylation is 2. The van der Waals surface area contributed by atoms with Crippen LogP contribution in [-0.2, 0) is 18.9 Å². The summed E-state index contributed by atoms with van der Waals surface area (Å²) in [5.74, 6) is 0. The molecular formula is C17H23N3O. The molecule has 3 N–H and O–H groups in total. The van der Waals surface area contributed by atoms with E-state index in [1.165, 1.54) is 11.1 Å². The van der Waals surface area contributed by atoms with E-state index in [1.807, 2.05) is 20.0 Å². The van der Waals surface area contributed by atoms with Crippen LogP contribution in [0.15, 0.2) is 30.5 Å². The van der Waals surface area contributed by atoms with Gasteiger partial charge >= 0.3 is 0 Å². The van der Waals surface area contributed by atoms with Gasteiger partial charge in [0.1, 0.15) is 0 Å². The topological polar surface area (TPSA) is 64.1 Å². The number of rotatable bonds is 3. The van der Waals surface area contributed by atoms with E-state index in [2.05, 4.69) is 23.3 Å². The maximum Gasteiger partial charge on any atom is 0.0931 e. The summed E-state index contributed by atoms with van der Waals surface area (Å²) in [4.78, 5) is 0. The third kappa shape index (κ3) is 2.10. The second-order valence-corrected chi connectivity index (χ2v) is 6.08. The summed E-state index contributed by atoms with van der Waals surface area (Å²) >= 11 is 0. The first-order valence-electron chi connectivity index (χ1n) is 7.55. The summed E-state index contributed by atoms with van der Waals surface area (Å²) < 4.78 is 1.80. The number of nitrogens with zero attached hydrogens (tertiary/aromatic N) is 2. The van der Waals surface area contributed by atoms with Gasteiger partial charge in [0.15, 0.2) is 0 Å². The van der Waals surface area contributed by atoms with Gasteiger partial charge < -0.3 is 10.8 Å². The summed E-state index contributed by atoms with van der Waals surface area (Å²) in [6.07, 6.45) is 4.20. The maximum absolute atomic E-state index is 11.1. The van der Waals surface area contributed by atoms with Gasteiger partial charge in [-0.1, -0.05) is 24.3 Å². The average molecular weight is 285 g/mol. The molecule has 2 unspecified atom stereocenters. The summed E-state index contributed by atoms with van der Waals surface area (Å²) in [7, 11) is 1.90. The number of aliphatic hydroxyl groups is 1. The van der Waals surface area contributed by atoms with Crippen LogP contribution in [0.3, 0.4) is 0 Å². The highest BCUT2D eigenvalue weighted by Crippen LogP contribution is 2.45. The van der Waals surface area contributed by atoms with E-state index in [-0.39, 0.29) is 0 Å². The van der Waals surface area contributed by atoms with Crippen molar-refractivity contribution >= 4 is 0 Å². The molecular weight excluding hydrogens is 262 g/mol. The third-order valence-electron chi connectivity index (χ3n) is 5.08. The Labute approximate surface area is 125 Å². The number of nitrogens with two attached hydrogens (primary N) is 1. The lowest BCUT2D eigenvalue weighted by Gasteiger charge is -2.42. The van der Waals surface area contributed by atoms with Gasteiger partial charge in [0.25, 0.3) is 0 Å². The van der Waals surface area contributed by atoms with E-state index >= 15 is 0 Å². The lowest BCUT2D eigenvalue weighted by molar-refractivity contribution is 0.0712. The molecule has 112 valence electrons. The zero-order chi connectivity index (χ0) is 15.0. The van der Waals surface area contributed by atoms with Crippen molar-refractivity contribution in [2.24, 2.45) is 12.8 Å². The highest BCUT2D eigenvalue weighted by molar-refractivity contribution is 5.41. The van der Waals surface area contributed by atoms with Crippen molar-refractivity contribution in [3.63, 3.8) is 0 Å². The van der Waals surface area contributed by atoms with E-state index in [0.29, 0.717) is 6.54 Å². The van der Waals surface area contributed by atoms with Crippen molar-refractivity contribution in [3.05, 3.63) is 52.8 Å². The van der Waals surface area contributed by atoms with Gasteiger partial charge in [-0.2, -0.15) is 5.10 Å². The lowest BCUT2D eigenvalue weighted by Crippen LogP contribution is -2.44. The lowest BCUT2D eigenvalue weighted by atomic mass is 9.65. The molecule has 0 bridgehead atoms. The molecule has 0 saturated heterocycles. The SMILES string of the molecule is Cc1c(C(O)C2(CN)CCCc3ccccc32)cnn1C. The summed E-state index contributed by atoms with van der Waals surface area (Å²) in [5, 5.41) is 15.4. The van der Waals surface area contributed by atoms with Crippen molar-refractivity contribution in [1.82, 2.24) is 9.78 Å². The van der Waals surface area contributed by atoms with Crippen molar-refractivity contribution in [2.75, 3.05) is 6.54 Å². The Kier molecular flexibility index (Phi) is 3.59. The van der Waals surface area contributed by atoms with Gasteiger partial charge in [-0.15, -0.1) is 0 Å². The predicted octanol–water partition coefficient (Wildman–Crippen LogP) is 1.99. The summed E-state index contributed by atoms with van der Waals surface area (Å²) in [5.41, 5.74) is 10.2. The molecule has 1 heterocycles. The second-order valence-electron chi connectivity index (χ2n) is 6.08. The van der Waals surface area contributed by atoms with Crippen LogP contribution < -0.4 is 5.73 Å². The van der Waals surface area contributed by atoms with Gasteiger partial charge in [0, 0.05) is 30.3 Å². The van der Waals surface area contributed by atoms with Crippen LogP contribution >= 0.6 is 0 Å². The fourth-order valence-corrected chi connectivity index (χ4v) is 3.64. The van der Waals surface area contributed by atoms with Crippen LogP contribution in [0, 0.1) is 6.92 Å². The number of hydrogen-bond donors (Lipinski definition) is 2. The molecule has 0 aliphatic heterocycles. The molecule has 3 rings (SSSR count). The first-order valence-corrected chi connectivity index (χ1v) is 7.55. The zero-order valence-corrected chi connectivity index (χ0v) is 12.7. The van der Waals surface area contributed by atoms with Crippen LogP contribution in [0.2, 0.25) is 0 Å². The highest BCUT2D eigenvalue weighted by Gasteiger charge is 2.43. The first-order chi connectivity index (χ1) is 10.1. The molecule has 0 spiro atoms. The van der Waals surface area contributed by atoms with Crippen LogP contribution in [0.1, 0.15) is 41.3 Å². The molecule has 1 aliphatic rings. The summed E-state index contributed by atoms with van der Waals surface area (Å²) in [6, 6.07) is 8.38. The quantitative estimate of drug-likeness (QED) is 0.906. The molecule has 4 heteroatoms. The second kappa shape index (κ2) is 5.28. The highest BCUT2D eigenvalue weighted by atomic mass is 16.3. The fourth-order valence-electron chi connectivity index (χ4n) is 3.64.